The number of carbonyl (C=O) groups is 1. The number of rotatable bonds is 7. The highest BCUT2D eigenvalue weighted by Gasteiger charge is 2.15. The molecule has 0 fully saturated rings. The molecule has 1 rings (SSSR count). The van der Waals surface area contributed by atoms with Crippen molar-refractivity contribution in [2.24, 2.45) is 0 Å². The first kappa shape index (κ1) is 16.9. The highest BCUT2D eigenvalue weighted by atomic mass is 16.6. The van der Waals surface area contributed by atoms with E-state index in [0.29, 0.717) is 31.3 Å². The SMILES string of the molecule is C=CCOc1ccccc1OCCNC(=O)OC(C)(C)C. The van der Waals surface area contributed by atoms with E-state index >= 15 is 0 Å². The molecule has 116 valence electrons. The zero-order valence-corrected chi connectivity index (χ0v) is 12.8. The second-order valence-electron chi connectivity index (χ2n) is 5.32. The highest BCUT2D eigenvalue weighted by molar-refractivity contribution is 5.67. The first-order valence-electron chi connectivity index (χ1n) is 6.85. The summed E-state index contributed by atoms with van der Waals surface area (Å²) in [5, 5.41) is 2.63. The molecular formula is C16H23NO4. The predicted molar refractivity (Wildman–Crippen MR) is 81.9 cm³/mol. The number of para-hydroxylation sites is 2. The maximum atomic E-state index is 11.5. The van der Waals surface area contributed by atoms with Gasteiger partial charge in [0.25, 0.3) is 0 Å². The molecule has 5 nitrogen and oxygen atoms in total. The number of ether oxygens (including phenoxy) is 3. The number of benzene rings is 1. The summed E-state index contributed by atoms with van der Waals surface area (Å²) in [6.45, 7) is 10.1. The van der Waals surface area contributed by atoms with Gasteiger partial charge in [-0.15, -0.1) is 0 Å². The molecule has 0 aromatic heterocycles. The van der Waals surface area contributed by atoms with Gasteiger partial charge in [0.1, 0.15) is 18.8 Å². The van der Waals surface area contributed by atoms with E-state index in [1.165, 1.54) is 0 Å². The number of amides is 1. The first-order valence-corrected chi connectivity index (χ1v) is 6.85. The molecule has 1 amide bonds. The summed E-state index contributed by atoms with van der Waals surface area (Å²) in [6.07, 6.45) is 1.21. The minimum absolute atomic E-state index is 0.327. The number of hydrogen-bond donors (Lipinski definition) is 1. The summed E-state index contributed by atoms with van der Waals surface area (Å²) >= 11 is 0. The Kier molecular flexibility index (Phi) is 6.59. The van der Waals surface area contributed by atoms with Crippen molar-refractivity contribution in [3.05, 3.63) is 36.9 Å². The minimum Gasteiger partial charge on any atom is -0.488 e. The maximum absolute atomic E-state index is 11.5. The predicted octanol–water partition coefficient (Wildman–Crippen LogP) is 3.15. The molecule has 0 radical (unpaired) electrons. The van der Waals surface area contributed by atoms with E-state index < -0.39 is 11.7 Å². The fourth-order valence-corrected chi connectivity index (χ4v) is 1.47. The van der Waals surface area contributed by atoms with Crippen LogP contribution in [0, 0.1) is 0 Å². The Bertz CT molecular complexity index is 466. The van der Waals surface area contributed by atoms with Gasteiger partial charge in [-0.2, -0.15) is 0 Å². The molecule has 5 heteroatoms. The average Bonchev–Trinajstić information content (AvgIpc) is 2.40. The van der Waals surface area contributed by atoms with Crippen LogP contribution in [0.25, 0.3) is 0 Å². The van der Waals surface area contributed by atoms with Gasteiger partial charge in [-0.25, -0.2) is 4.79 Å². The van der Waals surface area contributed by atoms with E-state index in [4.69, 9.17) is 14.2 Å². The van der Waals surface area contributed by atoms with Crippen molar-refractivity contribution in [3.8, 4) is 11.5 Å². The molecule has 0 bridgehead atoms. The third-order valence-corrected chi connectivity index (χ3v) is 2.23. The molecule has 0 aliphatic heterocycles. The second-order valence-corrected chi connectivity index (χ2v) is 5.32. The molecule has 0 aliphatic carbocycles. The molecule has 0 aliphatic rings. The van der Waals surface area contributed by atoms with Crippen LogP contribution in [0.1, 0.15) is 20.8 Å². The third kappa shape index (κ3) is 7.25. The molecule has 1 aromatic carbocycles. The average molecular weight is 293 g/mol. The minimum atomic E-state index is -0.504. The van der Waals surface area contributed by atoms with Crippen molar-refractivity contribution in [3.63, 3.8) is 0 Å². The molecule has 0 saturated heterocycles. The van der Waals surface area contributed by atoms with Gasteiger partial charge in [0.05, 0.1) is 6.54 Å². The molecule has 0 heterocycles. The zero-order valence-electron chi connectivity index (χ0n) is 12.8. The van der Waals surface area contributed by atoms with E-state index in [0.717, 1.165) is 0 Å². The van der Waals surface area contributed by atoms with Crippen molar-refractivity contribution in [1.82, 2.24) is 5.32 Å². The Labute approximate surface area is 125 Å². The molecule has 0 spiro atoms. The maximum Gasteiger partial charge on any atom is 0.407 e. The first-order chi connectivity index (χ1) is 9.92. The van der Waals surface area contributed by atoms with Gasteiger partial charge in [0.2, 0.25) is 0 Å². The zero-order chi connectivity index (χ0) is 15.7. The molecule has 0 unspecified atom stereocenters. The largest absolute Gasteiger partial charge is 0.488 e. The quantitative estimate of drug-likeness (QED) is 0.620. The molecule has 1 aromatic rings. The number of carbonyl (C=O) groups excluding carboxylic acids is 1. The van der Waals surface area contributed by atoms with Crippen LogP contribution in [0.4, 0.5) is 4.79 Å². The molecule has 0 saturated carbocycles. The summed E-state index contributed by atoms with van der Waals surface area (Å²) < 4.78 is 16.2. The van der Waals surface area contributed by atoms with Crippen LogP contribution in [0.2, 0.25) is 0 Å². The van der Waals surface area contributed by atoms with Crippen LogP contribution in [-0.4, -0.2) is 31.5 Å². The van der Waals surface area contributed by atoms with Gasteiger partial charge in [0.15, 0.2) is 11.5 Å². The molecule has 1 N–H and O–H groups in total. The summed E-state index contributed by atoms with van der Waals surface area (Å²) in [5.74, 6) is 1.28. The van der Waals surface area contributed by atoms with Crippen LogP contribution in [0.5, 0.6) is 11.5 Å². The van der Waals surface area contributed by atoms with Gasteiger partial charge in [-0.1, -0.05) is 24.8 Å². The standard InChI is InChI=1S/C16H23NO4/c1-5-11-19-13-8-6-7-9-14(13)20-12-10-17-15(18)21-16(2,3)4/h5-9H,1,10-12H2,2-4H3,(H,17,18). The van der Waals surface area contributed by atoms with E-state index in [1.807, 2.05) is 45.0 Å². The van der Waals surface area contributed by atoms with Crippen LogP contribution in [0.3, 0.4) is 0 Å². The summed E-state index contributed by atoms with van der Waals surface area (Å²) in [7, 11) is 0. The Morgan fingerprint density at radius 1 is 1.24 bits per heavy atom. The topological polar surface area (TPSA) is 56.8 Å². The van der Waals surface area contributed by atoms with E-state index in [9.17, 15) is 4.79 Å². The lowest BCUT2D eigenvalue weighted by atomic mass is 10.2. The van der Waals surface area contributed by atoms with Gasteiger partial charge < -0.3 is 19.5 Å². The van der Waals surface area contributed by atoms with E-state index in [-0.39, 0.29) is 0 Å². The van der Waals surface area contributed by atoms with E-state index in [1.54, 1.807) is 6.08 Å². The Morgan fingerprint density at radius 2 is 1.86 bits per heavy atom. The van der Waals surface area contributed by atoms with Crippen molar-refractivity contribution < 1.29 is 19.0 Å². The Balaban J connectivity index is 2.36. The fourth-order valence-electron chi connectivity index (χ4n) is 1.47. The monoisotopic (exact) mass is 293 g/mol. The molecule has 0 atom stereocenters. The Morgan fingerprint density at radius 3 is 2.43 bits per heavy atom. The van der Waals surface area contributed by atoms with Gasteiger partial charge in [-0.3, -0.25) is 0 Å². The third-order valence-electron chi connectivity index (χ3n) is 2.23. The van der Waals surface area contributed by atoms with Crippen molar-refractivity contribution in [2.75, 3.05) is 19.8 Å². The van der Waals surface area contributed by atoms with Crippen LogP contribution in [0.15, 0.2) is 36.9 Å². The van der Waals surface area contributed by atoms with Gasteiger partial charge in [-0.05, 0) is 32.9 Å². The van der Waals surface area contributed by atoms with Crippen LogP contribution >= 0.6 is 0 Å². The Hall–Kier alpha value is -2.17. The van der Waals surface area contributed by atoms with Crippen molar-refractivity contribution in [2.45, 2.75) is 26.4 Å². The smallest absolute Gasteiger partial charge is 0.407 e. The normalized spacial score (nSPS) is 10.6. The lowest BCUT2D eigenvalue weighted by Gasteiger charge is -2.19. The summed E-state index contributed by atoms with van der Waals surface area (Å²) in [5.41, 5.74) is -0.504. The summed E-state index contributed by atoms with van der Waals surface area (Å²) in [6, 6.07) is 7.35. The fraction of sp³-hybridized carbons (Fsp3) is 0.438. The molecule has 21 heavy (non-hydrogen) atoms. The van der Waals surface area contributed by atoms with E-state index in [2.05, 4.69) is 11.9 Å². The van der Waals surface area contributed by atoms with Crippen molar-refractivity contribution in [1.29, 1.82) is 0 Å². The molecular weight excluding hydrogens is 270 g/mol. The number of alkyl carbamates (subject to hydrolysis) is 1. The van der Waals surface area contributed by atoms with Crippen LogP contribution in [-0.2, 0) is 4.74 Å². The van der Waals surface area contributed by atoms with Gasteiger partial charge >= 0.3 is 6.09 Å². The van der Waals surface area contributed by atoms with Crippen molar-refractivity contribution >= 4 is 6.09 Å². The second kappa shape index (κ2) is 8.19. The van der Waals surface area contributed by atoms with Crippen LogP contribution < -0.4 is 14.8 Å². The number of nitrogens with one attached hydrogen (secondary N) is 1. The van der Waals surface area contributed by atoms with Gasteiger partial charge in [0, 0.05) is 0 Å². The lowest BCUT2D eigenvalue weighted by Crippen LogP contribution is -2.34. The number of hydrogen-bond acceptors (Lipinski definition) is 4. The lowest BCUT2D eigenvalue weighted by molar-refractivity contribution is 0.0520. The summed E-state index contributed by atoms with van der Waals surface area (Å²) in [4.78, 5) is 11.5. The highest BCUT2D eigenvalue weighted by Crippen LogP contribution is 2.26.